The Morgan fingerprint density at radius 2 is 1.49 bits per heavy atom. The van der Waals surface area contributed by atoms with Gasteiger partial charge in [0, 0.05) is 32.3 Å². The Bertz CT molecular complexity index is 1380. The Kier molecular flexibility index (Phi) is 11.1. The highest BCUT2D eigenvalue weighted by Gasteiger charge is 2.33. The van der Waals surface area contributed by atoms with E-state index in [-0.39, 0.29) is 23.3 Å². The molecule has 0 spiro atoms. The number of amides is 2. The van der Waals surface area contributed by atoms with Crippen LogP contribution < -0.4 is 9.62 Å². The Morgan fingerprint density at radius 3 is 2.05 bits per heavy atom. The van der Waals surface area contributed by atoms with Crippen LogP contribution in [-0.4, -0.2) is 44.3 Å². The van der Waals surface area contributed by atoms with Crippen molar-refractivity contribution in [3.8, 4) is 0 Å². The summed E-state index contributed by atoms with van der Waals surface area (Å²) in [7, 11) is -4.12. The molecule has 7 nitrogen and oxygen atoms in total. The third-order valence-electron chi connectivity index (χ3n) is 5.97. The maximum atomic E-state index is 13.9. The second kappa shape index (κ2) is 13.8. The average molecular weight is 702 g/mol. The average Bonchev–Trinajstić information content (AvgIpc) is 2.90. The zero-order chi connectivity index (χ0) is 28.7. The van der Waals surface area contributed by atoms with E-state index < -0.39 is 28.5 Å². The van der Waals surface area contributed by atoms with Crippen LogP contribution in [0.15, 0.2) is 77.7 Å². The van der Waals surface area contributed by atoms with Gasteiger partial charge in [-0.3, -0.25) is 13.9 Å². The van der Waals surface area contributed by atoms with Crippen molar-refractivity contribution in [1.29, 1.82) is 0 Å². The van der Waals surface area contributed by atoms with Crippen LogP contribution in [0.2, 0.25) is 10.0 Å². The lowest BCUT2D eigenvalue weighted by molar-refractivity contribution is -0.139. The van der Waals surface area contributed by atoms with E-state index in [2.05, 4.69) is 27.9 Å². The van der Waals surface area contributed by atoms with Crippen molar-refractivity contribution in [3.05, 3.63) is 92.0 Å². The van der Waals surface area contributed by atoms with E-state index in [1.54, 1.807) is 67.6 Å². The second-order valence-electron chi connectivity index (χ2n) is 9.34. The highest BCUT2D eigenvalue weighted by atomic mass is 127. The minimum absolute atomic E-state index is 0.0415. The molecule has 11 heteroatoms. The van der Waals surface area contributed by atoms with E-state index >= 15 is 0 Å². The maximum Gasteiger partial charge on any atom is 0.264 e. The molecule has 0 aromatic heterocycles. The van der Waals surface area contributed by atoms with Crippen LogP contribution in [-0.2, 0) is 26.2 Å². The Morgan fingerprint density at radius 1 is 0.897 bits per heavy atom. The van der Waals surface area contributed by atoms with Gasteiger partial charge in [0.2, 0.25) is 11.8 Å². The maximum absolute atomic E-state index is 13.9. The van der Waals surface area contributed by atoms with Gasteiger partial charge in [0.25, 0.3) is 10.0 Å². The molecule has 0 heterocycles. The van der Waals surface area contributed by atoms with Gasteiger partial charge < -0.3 is 10.2 Å². The van der Waals surface area contributed by atoms with Crippen molar-refractivity contribution in [3.63, 3.8) is 0 Å². The van der Waals surface area contributed by atoms with E-state index in [9.17, 15) is 18.0 Å². The van der Waals surface area contributed by atoms with Crippen LogP contribution in [0, 0.1) is 9.49 Å². The molecular formula is C28H30Cl2IN3O4S. The number of sulfonamides is 1. The molecule has 1 N–H and O–H groups in total. The van der Waals surface area contributed by atoms with Crippen molar-refractivity contribution in [2.45, 2.75) is 38.3 Å². The minimum atomic E-state index is -4.12. The summed E-state index contributed by atoms with van der Waals surface area (Å²) < 4.78 is 29.5. The van der Waals surface area contributed by atoms with Gasteiger partial charge in [-0.25, -0.2) is 8.42 Å². The van der Waals surface area contributed by atoms with E-state index in [4.69, 9.17) is 23.2 Å². The predicted molar refractivity (Wildman–Crippen MR) is 164 cm³/mol. The first kappa shape index (κ1) is 31.2. The van der Waals surface area contributed by atoms with Gasteiger partial charge in [0.05, 0.1) is 10.6 Å². The molecular weight excluding hydrogens is 672 g/mol. The van der Waals surface area contributed by atoms with Crippen LogP contribution in [0.3, 0.4) is 0 Å². The molecule has 3 aromatic carbocycles. The van der Waals surface area contributed by atoms with Crippen LogP contribution in [0.25, 0.3) is 0 Å². The molecule has 3 aromatic rings. The topological polar surface area (TPSA) is 86.8 Å². The van der Waals surface area contributed by atoms with Crippen LogP contribution in [0.5, 0.6) is 0 Å². The summed E-state index contributed by atoms with van der Waals surface area (Å²) in [5, 5.41) is 3.52. The highest BCUT2D eigenvalue weighted by molar-refractivity contribution is 14.1. The number of nitrogens with one attached hydrogen (secondary N) is 1. The van der Waals surface area contributed by atoms with Crippen LogP contribution in [0.4, 0.5) is 5.69 Å². The third-order valence-corrected chi connectivity index (χ3v) is 9.18. The molecule has 3 rings (SSSR count). The Balaban J connectivity index is 2.03. The van der Waals surface area contributed by atoms with E-state index in [0.717, 1.165) is 7.88 Å². The summed E-state index contributed by atoms with van der Waals surface area (Å²) in [6.45, 7) is 5.32. The van der Waals surface area contributed by atoms with Gasteiger partial charge in [-0.1, -0.05) is 61.3 Å². The normalized spacial score (nSPS) is 12.2. The zero-order valence-corrected chi connectivity index (χ0v) is 26.3. The summed E-state index contributed by atoms with van der Waals surface area (Å²) in [4.78, 5) is 28.3. The lowest BCUT2D eigenvalue weighted by atomic mass is 10.1. The first-order chi connectivity index (χ1) is 18.4. The lowest BCUT2D eigenvalue weighted by Crippen LogP contribution is -2.51. The molecule has 0 fully saturated rings. The first-order valence-electron chi connectivity index (χ1n) is 12.2. The fraction of sp³-hybridized carbons (Fsp3) is 0.286. The number of nitrogens with zero attached hydrogens (tertiary/aromatic N) is 2. The summed E-state index contributed by atoms with van der Waals surface area (Å²) in [6, 6.07) is 18.8. The van der Waals surface area contributed by atoms with Crippen LogP contribution in [0.1, 0.15) is 26.3 Å². The summed E-state index contributed by atoms with van der Waals surface area (Å²) in [5.74, 6) is -0.751. The summed E-state index contributed by atoms with van der Waals surface area (Å²) in [5.41, 5.74) is 0.782. The van der Waals surface area contributed by atoms with Crippen molar-refractivity contribution in [1.82, 2.24) is 10.2 Å². The van der Waals surface area contributed by atoms with Crippen LogP contribution >= 0.6 is 45.8 Å². The molecule has 0 saturated heterocycles. The smallest absolute Gasteiger partial charge is 0.264 e. The number of hydrogen-bond donors (Lipinski definition) is 1. The van der Waals surface area contributed by atoms with E-state index in [1.807, 2.05) is 13.8 Å². The monoisotopic (exact) mass is 701 g/mol. The molecule has 0 aliphatic heterocycles. The summed E-state index contributed by atoms with van der Waals surface area (Å²) in [6.07, 6.45) is 0. The zero-order valence-electron chi connectivity index (χ0n) is 21.8. The number of carbonyl (C=O) groups excluding carboxylic acids is 2. The van der Waals surface area contributed by atoms with Crippen molar-refractivity contribution < 1.29 is 18.0 Å². The van der Waals surface area contributed by atoms with Gasteiger partial charge >= 0.3 is 0 Å². The number of carbonyl (C=O) groups is 2. The minimum Gasteiger partial charge on any atom is -0.354 e. The number of hydrogen-bond acceptors (Lipinski definition) is 4. The third kappa shape index (κ3) is 8.09. The summed E-state index contributed by atoms with van der Waals surface area (Å²) >= 11 is 14.9. The number of benzene rings is 3. The SMILES string of the molecule is CC(C)CNC(=O)C(C)N(Cc1c(Cl)cccc1Cl)C(=O)CN(c1ccc(I)cc1)S(=O)(=O)c1ccccc1. The van der Waals surface area contributed by atoms with Gasteiger partial charge in [0.1, 0.15) is 12.6 Å². The molecule has 0 radical (unpaired) electrons. The van der Waals surface area contributed by atoms with Crippen molar-refractivity contribution in [2.24, 2.45) is 5.92 Å². The molecule has 0 bridgehead atoms. The fourth-order valence-electron chi connectivity index (χ4n) is 3.74. The van der Waals surface area contributed by atoms with Crippen molar-refractivity contribution >= 4 is 73.3 Å². The van der Waals surface area contributed by atoms with Gasteiger partial charge in [-0.15, -0.1) is 0 Å². The van der Waals surface area contributed by atoms with Gasteiger partial charge in [-0.05, 0) is 84.0 Å². The molecule has 0 saturated carbocycles. The molecule has 1 unspecified atom stereocenters. The van der Waals surface area contributed by atoms with Crippen molar-refractivity contribution in [2.75, 3.05) is 17.4 Å². The Labute approximate surface area is 253 Å². The number of halogens is 3. The number of anilines is 1. The highest BCUT2D eigenvalue weighted by Crippen LogP contribution is 2.28. The van der Waals surface area contributed by atoms with E-state index in [0.29, 0.717) is 27.8 Å². The Hall–Kier alpha value is -2.34. The van der Waals surface area contributed by atoms with Gasteiger partial charge in [0.15, 0.2) is 0 Å². The molecule has 0 aliphatic carbocycles. The molecule has 1 atom stereocenters. The second-order valence-corrected chi connectivity index (χ2v) is 13.3. The first-order valence-corrected chi connectivity index (χ1v) is 15.5. The molecule has 208 valence electrons. The standard InChI is InChI=1S/C28H30Cl2IN3O4S/c1-19(2)16-32-28(36)20(3)33(17-24-25(29)10-7-11-26(24)30)27(35)18-34(22-14-12-21(31)13-15-22)39(37,38)23-8-5-4-6-9-23/h4-15,19-20H,16-18H2,1-3H3,(H,32,36). The van der Waals surface area contributed by atoms with Gasteiger partial charge in [-0.2, -0.15) is 0 Å². The largest absolute Gasteiger partial charge is 0.354 e. The molecule has 39 heavy (non-hydrogen) atoms. The molecule has 0 aliphatic rings. The van der Waals surface area contributed by atoms with E-state index in [1.165, 1.54) is 17.0 Å². The fourth-order valence-corrected chi connectivity index (χ4v) is 6.06. The number of rotatable bonds is 11. The molecule has 2 amide bonds. The quantitative estimate of drug-likeness (QED) is 0.249. The lowest BCUT2D eigenvalue weighted by Gasteiger charge is -2.32. The predicted octanol–water partition coefficient (Wildman–Crippen LogP) is 5.98.